The molecule has 7 heteroatoms. The van der Waals surface area contributed by atoms with Crippen LogP contribution >= 0.6 is 11.3 Å². The minimum Gasteiger partial charge on any atom is -0.455 e. The number of furan rings is 1. The third-order valence-corrected chi connectivity index (χ3v) is 12.5. The fourth-order valence-electron chi connectivity index (χ4n) is 8.29. The molecule has 0 aliphatic carbocycles. The van der Waals surface area contributed by atoms with Crippen LogP contribution in [0.2, 0.25) is 0 Å². The molecule has 12 rings (SSSR count). The number of fused-ring (bicyclic) bond motifs is 6. The lowest BCUT2D eigenvalue weighted by atomic mass is 9.99. The third-order valence-electron chi connectivity index (χ3n) is 11.4. The zero-order valence-electron chi connectivity index (χ0n) is 33.1. The number of aromatic nitrogens is 5. The van der Waals surface area contributed by atoms with E-state index in [-0.39, 0.29) is 0 Å². The van der Waals surface area contributed by atoms with Gasteiger partial charge in [0.25, 0.3) is 0 Å². The molecular formula is C55H33N5OS. The molecule has 0 unspecified atom stereocenters. The van der Waals surface area contributed by atoms with Crippen LogP contribution in [0.3, 0.4) is 0 Å². The molecule has 0 bridgehead atoms. The lowest BCUT2D eigenvalue weighted by Crippen LogP contribution is -2.00. The molecule has 6 nitrogen and oxygen atoms in total. The van der Waals surface area contributed by atoms with Crippen molar-refractivity contribution in [2.75, 3.05) is 0 Å². The SMILES string of the molecule is c1ccc(-c2cccc(-c3nc(-c4ccc(-c5cccc6c5oc5ccc(-c7nc(-c8ccccc8)nc(-c8ccccc8)n7)cc56)cc4)c4sc5ccccc5c4n3)c2)cc1. The number of hydrogen-bond acceptors (Lipinski definition) is 7. The second-order valence-electron chi connectivity index (χ2n) is 15.2. The van der Waals surface area contributed by atoms with Gasteiger partial charge in [-0.3, -0.25) is 0 Å². The standard InChI is InChI=1S/C55H33N5OS/c1-4-14-34(15-5-1)39-20-12-21-40(32-39)54-56-48(51-49(57-54)44-22-10-11-25-47(44)62-51)36-28-26-35(27-29-36)42-23-13-24-43-45-33-41(30-31-46(45)61-50(42)43)55-59-52(37-16-6-2-7-17-37)58-53(60-55)38-18-8-3-9-19-38/h1-33H. The van der Waals surface area contributed by atoms with Crippen molar-refractivity contribution in [1.29, 1.82) is 0 Å². The predicted octanol–water partition coefficient (Wildman–Crippen LogP) is 14.6. The maximum atomic E-state index is 6.66. The van der Waals surface area contributed by atoms with Gasteiger partial charge in [-0.15, -0.1) is 11.3 Å². The summed E-state index contributed by atoms with van der Waals surface area (Å²) >= 11 is 1.74. The van der Waals surface area contributed by atoms with Gasteiger partial charge in [-0.2, -0.15) is 0 Å². The Labute approximate surface area is 360 Å². The van der Waals surface area contributed by atoms with Crippen molar-refractivity contribution in [3.05, 3.63) is 200 Å². The molecule has 4 heterocycles. The first-order valence-corrected chi connectivity index (χ1v) is 21.3. The minimum absolute atomic E-state index is 0.602. The fraction of sp³-hybridized carbons (Fsp3) is 0. The van der Waals surface area contributed by atoms with Crippen molar-refractivity contribution in [3.8, 4) is 79.1 Å². The number of thiophene rings is 1. The van der Waals surface area contributed by atoms with E-state index >= 15 is 0 Å². The summed E-state index contributed by atoms with van der Waals surface area (Å²) in [6, 6.07) is 68.7. The highest BCUT2D eigenvalue weighted by Crippen LogP contribution is 2.42. The van der Waals surface area contributed by atoms with Gasteiger partial charge in [0.1, 0.15) is 11.2 Å². The average molecular weight is 812 g/mol. The van der Waals surface area contributed by atoms with Gasteiger partial charge in [0.15, 0.2) is 23.3 Å². The molecular weight excluding hydrogens is 779 g/mol. The molecule has 0 aliphatic rings. The van der Waals surface area contributed by atoms with Crippen LogP contribution in [0.15, 0.2) is 205 Å². The van der Waals surface area contributed by atoms with Gasteiger partial charge in [-0.25, -0.2) is 24.9 Å². The molecule has 0 spiro atoms. The topological polar surface area (TPSA) is 77.6 Å². The summed E-state index contributed by atoms with van der Waals surface area (Å²) in [4.78, 5) is 25.3. The summed E-state index contributed by atoms with van der Waals surface area (Å²) in [5, 5.41) is 3.15. The highest BCUT2D eigenvalue weighted by atomic mass is 32.1. The number of rotatable bonds is 7. The Balaban J connectivity index is 0.941. The Bertz CT molecular complexity index is 3560. The smallest absolute Gasteiger partial charge is 0.164 e. The highest BCUT2D eigenvalue weighted by Gasteiger charge is 2.19. The van der Waals surface area contributed by atoms with Crippen LogP contribution in [-0.4, -0.2) is 24.9 Å². The number of para-hydroxylation sites is 1. The maximum Gasteiger partial charge on any atom is 0.164 e. The molecule has 8 aromatic carbocycles. The van der Waals surface area contributed by atoms with Crippen LogP contribution in [-0.2, 0) is 0 Å². The molecule has 0 N–H and O–H groups in total. The van der Waals surface area contributed by atoms with Gasteiger partial charge in [-0.05, 0) is 47.0 Å². The number of nitrogens with zero attached hydrogens (tertiary/aromatic N) is 5. The fourth-order valence-corrected chi connectivity index (χ4v) is 9.45. The Morgan fingerprint density at radius 2 is 0.871 bits per heavy atom. The van der Waals surface area contributed by atoms with Gasteiger partial charge in [0, 0.05) is 54.2 Å². The molecule has 0 aliphatic heterocycles. The monoisotopic (exact) mass is 811 g/mol. The van der Waals surface area contributed by atoms with E-state index in [9.17, 15) is 0 Å². The third kappa shape index (κ3) is 6.31. The van der Waals surface area contributed by atoms with Crippen molar-refractivity contribution >= 4 is 53.6 Å². The quantitative estimate of drug-likeness (QED) is 0.160. The lowest BCUT2D eigenvalue weighted by molar-refractivity contribution is 0.670. The summed E-state index contributed by atoms with van der Waals surface area (Å²) in [6.07, 6.45) is 0. The molecule has 0 radical (unpaired) electrons. The van der Waals surface area contributed by atoms with E-state index in [0.29, 0.717) is 23.3 Å². The minimum atomic E-state index is 0.602. The average Bonchev–Trinajstić information content (AvgIpc) is 3.93. The van der Waals surface area contributed by atoms with E-state index in [1.54, 1.807) is 11.3 Å². The van der Waals surface area contributed by atoms with Crippen LogP contribution < -0.4 is 0 Å². The van der Waals surface area contributed by atoms with E-state index in [4.69, 9.17) is 29.3 Å². The van der Waals surface area contributed by atoms with E-state index in [2.05, 4.69) is 121 Å². The summed E-state index contributed by atoms with van der Waals surface area (Å²) in [5.41, 5.74) is 12.6. The van der Waals surface area contributed by atoms with Gasteiger partial charge in [0.05, 0.1) is 15.9 Å². The normalized spacial score (nSPS) is 11.5. The summed E-state index contributed by atoms with van der Waals surface area (Å²) in [7, 11) is 0. The molecule has 0 saturated heterocycles. The predicted molar refractivity (Wildman–Crippen MR) is 254 cm³/mol. The van der Waals surface area contributed by atoms with Crippen LogP contribution in [0.5, 0.6) is 0 Å². The maximum absolute atomic E-state index is 6.66. The molecule has 0 atom stereocenters. The van der Waals surface area contributed by atoms with Crippen LogP contribution in [0.4, 0.5) is 0 Å². The van der Waals surface area contributed by atoms with Gasteiger partial charge >= 0.3 is 0 Å². The molecule has 62 heavy (non-hydrogen) atoms. The van der Waals surface area contributed by atoms with Gasteiger partial charge < -0.3 is 4.42 Å². The Kier molecular flexibility index (Phi) is 8.57. The summed E-state index contributed by atoms with van der Waals surface area (Å²) in [5.74, 6) is 2.56. The largest absolute Gasteiger partial charge is 0.455 e. The first kappa shape index (κ1) is 35.8. The Hall–Kier alpha value is -8.13. The molecule has 0 amide bonds. The van der Waals surface area contributed by atoms with Crippen molar-refractivity contribution < 1.29 is 4.42 Å². The van der Waals surface area contributed by atoms with Crippen molar-refractivity contribution in [2.24, 2.45) is 0 Å². The number of hydrogen-bond donors (Lipinski definition) is 0. The Morgan fingerprint density at radius 3 is 1.60 bits per heavy atom. The van der Waals surface area contributed by atoms with E-state index in [1.165, 1.54) is 4.70 Å². The molecule has 4 aromatic heterocycles. The Morgan fingerprint density at radius 1 is 0.339 bits per heavy atom. The van der Waals surface area contributed by atoms with E-state index in [1.807, 2.05) is 78.9 Å². The number of benzene rings is 8. The second-order valence-corrected chi connectivity index (χ2v) is 16.3. The van der Waals surface area contributed by atoms with Crippen molar-refractivity contribution in [2.45, 2.75) is 0 Å². The molecule has 12 aromatic rings. The molecule has 0 saturated carbocycles. The first-order valence-electron chi connectivity index (χ1n) is 20.5. The summed E-state index contributed by atoms with van der Waals surface area (Å²) in [6.45, 7) is 0. The molecule has 0 fully saturated rings. The van der Waals surface area contributed by atoms with Gasteiger partial charge in [-0.1, -0.05) is 170 Å². The van der Waals surface area contributed by atoms with Crippen molar-refractivity contribution in [3.63, 3.8) is 0 Å². The van der Waals surface area contributed by atoms with Crippen molar-refractivity contribution in [1.82, 2.24) is 24.9 Å². The van der Waals surface area contributed by atoms with Crippen LogP contribution in [0.1, 0.15) is 0 Å². The zero-order valence-corrected chi connectivity index (χ0v) is 33.9. The summed E-state index contributed by atoms with van der Waals surface area (Å²) < 4.78 is 8.91. The lowest BCUT2D eigenvalue weighted by Gasteiger charge is -2.10. The van der Waals surface area contributed by atoms with Gasteiger partial charge in [0.2, 0.25) is 0 Å². The molecule has 290 valence electrons. The van der Waals surface area contributed by atoms with Crippen LogP contribution in [0.25, 0.3) is 121 Å². The second kappa shape index (κ2) is 14.9. The van der Waals surface area contributed by atoms with E-state index < -0.39 is 0 Å². The van der Waals surface area contributed by atoms with E-state index in [0.717, 1.165) is 93.3 Å². The highest BCUT2D eigenvalue weighted by molar-refractivity contribution is 7.26. The van der Waals surface area contributed by atoms with Crippen LogP contribution in [0, 0.1) is 0 Å². The first-order chi connectivity index (χ1) is 30.7. The zero-order chi connectivity index (χ0) is 41.0.